The summed E-state index contributed by atoms with van der Waals surface area (Å²) >= 11 is 15.7. The molecule has 1 aromatic heterocycles. The van der Waals surface area contributed by atoms with Crippen LogP contribution in [0.25, 0.3) is 10.8 Å². The zero-order chi connectivity index (χ0) is 12.6. The Hall–Kier alpha value is -0.510. The standard InChI is InChI=1S/C12H10BrCl2NO/c1-6(2)17-12-10-7(3-4-16-12)11(15)9(14)5-8(10)13/h3-6H,1-2H3. The van der Waals surface area contributed by atoms with Crippen LogP contribution in [-0.2, 0) is 0 Å². The van der Waals surface area contributed by atoms with E-state index in [1.165, 1.54) is 0 Å². The number of pyridine rings is 1. The molecular formula is C12H10BrCl2NO. The molecule has 0 saturated carbocycles. The highest BCUT2D eigenvalue weighted by atomic mass is 79.9. The molecule has 2 nitrogen and oxygen atoms in total. The molecule has 0 amide bonds. The maximum absolute atomic E-state index is 6.17. The van der Waals surface area contributed by atoms with E-state index in [4.69, 9.17) is 27.9 Å². The van der Waals surface area contributed by atoms with Crippen molar-refractivity contribution in [3.05, 3.63) is 32.8 Å². The van der Waals surface area contributed by atoms with Crippen LogP contribution in [0.3, 0.4) is 0 Å². The zero-order valence-electron chi connectivity index (χ0n) is 9.30. The second kappa shape index (κ2) is 5.01. The Morgan fingerprint density at radius 3 is 2.71 bits per heavy atom. The Labute approximate surface area is 118 Å². The van der Waals surface area contributed by atoms with Crippen LogP contribution in [0.1, 0.15) is 13.8 Å². The number of hydrogen-bond acceptors (Lipinski definition) is 2. The minimum absolute atomic E-state index is 0.0504. The monoisotopic (exact) mass is 333 g/mol. The molecular weight excluding hydrogens is 325 g/mol. The van der Waals surface area contributed by atoms with E-state index in [0.29, 0.717) is 15.9 Å². The third kappa shape index (κ3) is 2.51. The second-order valence-corrected chi connectivity index (χ2v) is 5.50. The highest BCUT2D eigenvalue weighted by Gasteiger charge is 2.14. The molecule has 0 fully saturated rings. The second-order valence-electron chi connectivity index (χ2n) is 3.86. The molecule has 0 aliphatic carbocycles. The summed E-state index contributed by atoms with van der Waals surface area (Å²) in [5.41, 5.74) is 0. The molecule has 0 radical (unpaired) electrons. The SMILES string of the molecule is CC(C)Oc1nccc2c(Cl)c(Cl)cc(Br)c12. The molecule has 0 spiro atoms. The fourth-order valence-corrected chi connectivity index (χ4v) is 2.71. The first kappa shape index (κ1) is 12.9. The van der Waals surface area contributed by atoms with E-state index in [9.17, 15) is 0 Å². The lowest BCUT2D eigenvalue weighted by atomic mass is 10.1. The molecule has 0 aliphatic heterocycles. The van der Waals surface area contributed by atoms with Gasteiger partial charge < -0.3 is 4.74 Å². The zero-order valence-corrected chi connectivity index (χ0v) is 12.4. The fraction of sp³-hybridized carbons (Fsp3) is 0.250. The van der Waals surface area contributed by atoms with Crippen molar-refractivity contribution < 1.29 is 4.74 Å². The van der Waals surface area contributed by atoms with Gasteiger partial charge in [0.05, 0.1) is 21.5 Å². The third-order valence-corrected chi connectivity index (χ3v) is 3.63. The Bertz CT molecular complexity index is 572. The van der Waals surface area contributed by atoms with Gasteiger partial charge in [0.15, 0.2) is 0 Å². The van der Waals surface area contributed by atoms with Crippen LogP contribution in [0.15, 0.2) is 22.8 Å². The predicted octanol–water partition coefficient (Wildman–Crippen LogP) is 5.09. The molecule has 5 heteroatoms. The predicted molar refractivity (Wildman–Crippen MR) is 75.2 cm³/mol. The van der Waals surface area contributed by atoms with Gasteiger partial charge in [0.2, 0.25) is 5.88 Å². The molecule has 0 atom stereocenters. The first-order chi connectivity index (χ1) is 8.00. The summed E-state index contributed by atoms with van der Waals surface area (Å²) in [6, 6.07) is 3.57. The van der Waals surface area contributed by atoms with Crippen LogP contribution in [0.2, 0.25) is 10.0 Å². The molecule has 0 N–H and O–H groups in total. The summed E-state index contributed by atoms with van der Waals surface area (Å²) in [4.78, 5) is 4.22. The molecule has 0 bridgehead atoms. The lowest BCUT2D eigenvalue weighted by Crippen LogP contribution is -2.07. The molecule has 0 saturated heterocycles. The quantitative estimate of drug-likeness (QED) is 0.713. The minimum atomic E-state index is 0.0504. The van der Waals surface area contributed by atoms with Crippen LogP contribution in [0.5, 0.6) is 5.88 Å². The fourth-order valence-electron chi connectivity index (χ4n) is 1.54. The first-order valence-electron chi connectivity index (χ1n) is 5.09. The minimum Gasteiger partial charge on any atom is -0.474 e. The smallest absolute Gasteiger partial charge is 0.222 e. The summed E-state index contributed by atoms with van der Waals surface area (Å²) in [5, 5.41) is 2.70. The van der Waals surface area contributed by atoms with E-state index in [2.05, 4.69) is 20.9 Å². The van der Waals surface area contributed by atoms with E-state index in [0.717, 1.165) is 15.2 Å². The topological polar surface area (TPSA) is 22.1 Å². The van der Waals surface area contributed by atoms with Crippen molar-refractivity contribution in [2.45, 2.75) is 20.0 Å². The number of fused-ring (bicyclic) bond motifs is 1. The highest BCUT2D eigenvalue weighted by Crippen LogP contribution is 2.39. The number of hydrogen-bond donors (Lipinski definition) is 0. The molecule has 17 heavy (non-hydrogen) atoms. The molecule has 90 valence electrons. The van der Waals surface area contributed by atoms with Crippen molar-refractivity contribution in [3.8, 4) is 5.88 Å². The first-order valence-corrected chi connectivity index (χ1v) is 6.64. The summed E-state index contributed by atoms with van der Waals surface area (Å²) in [6.45, 7) is 3.90. The van der Waals surface area contributed by atoms with Gasteiger partial charge in [0, 0.05) is 16.1 Å². The Balaban J connectivity index is 2.76. The van der Waals surface area contributed by atoms with Crippen LogP contribution in [0, 0.1) is 0 Å². The average Bonchev–Trinajstić information content (AvgIpc) is 2.25. The van der Waals surface area contributed by atoms with Gasteiger partial charge in [-0.1, -0.05) is 23.2 Å². The van der Waals surface area contributed by atoms with Gasteiger partial charge in [-0.2, -0.15) is 0 Å². The Kier molecular flexibility index (Phi) is 3.81. The van der Waals surface area contributed by atoms with Crippen molar-refractivity contribution in [3.63, 3.8) is 0 Å². The van der Waals surface area contributed by atoms with E-state index >= 15 is 0 Å². The van der Waals surface area contributed by atoms with Crippen LogP contribution < -0.4 is 4.74 Å². The van der Waals surface area contributed by atoms with Gasteiger partial charge in [-0.05, 0) is 41.9 Å². The van der Waals surface area contributed by atoms with Crippen molar-refractivity contribution >= 4 is 49.9 Å². The summed E-state index contributed by atoms with van der Waals surface area (Å²) in [7, 11) is 0. The van der Waals surface area contributed by atoms with Crippen LogP contribution in [0.4, 0.5) is 0 Å². The molecule has 2 rings (SSSR count). The van der Waals surface area contributed by atoms with Crippen molar-refractivity contribution in [1.29, 1.82) is 0 Å². The average molecular weight is 335 g/mol. The van der Waals surface area contributed by atoms with Crippen LogP contribution in [-0.4, -0.2) is 11.1 Å². The molecule has 1 heterocycles. The van der Waals surface area contributed by atoms with E-state index in [-0.39, 0.29) is 6.10 Å². The van der Waals surface area contributed by atoms with Gasteiger partial charge in [0.1, 0.15) is 0 Å². The maximum atomic E-state index is 6.17. The highest BCUT2D eigenvalue weighted by molar-refractivity contribution is 9.10. The van der Waals surface area contributed by atoms with Gasteiger partial charge in [-0.15, -0.1) is 0 Å². The maximum Gasteiger partial charge on any atom is 0.222 e. The number of rotatable bonds is 2. The number of aromatic nitrogens is 1. The normalized spacial score (nSPS) is 11.2. The van der Waals surface area contributed by atoms with Crippen LogP contribution >= 0.6 is 39.1 Å². The summed E-state index contributed by atoms with van der Waals surface area (Å²) in [6.07, 6.45) is 1.71. The lowest BCUT2D eigenvalue weighted by molar-refractivity contribution is 0.236. The molecule has 2 aromatic rings. The van der Waals surface area contributed by atoms with E-state index < -0.39 is 0 Å². The molecule has 0 aliphatic rings. The number of ether oxygens (including phenoxy) is 1. The largest absolute Gasteiger partial charge is 0.474 e. The van der Waals surface area contributed by atoms with Crippen molar-refractivity contribution in [2.75, 3.05) is 0 Å². The summed E-state index contributed by atoms with van der Waals surface area (Å²) < 4.78 is 6.48. The number of halogens is 3. The van der Waals surface area contributed by atoms with E-state index in [1.54, 1.807) is 12.3 Å². The summed E-state index contributed by atoms with van der Waals surface area (Å²) in [5.74, 6) is 0.558. The Morgan fingerprint density at radius 1 is 1.35 bits per heavy atom. The third-order valence-electron chi connectivity index (χ3n) is 2.20. The number of nitrogens with zero attached hydrogens (tertiary/aromatic N) is 1. The van der Waals surface area contributed by atoms with Crippen molar-refractivity contribution in [2.24, 2.45) is 0 Å². The van der Waals surface area contributed by atoms with E-state index in [1.807, 2.05) is 19.9 Å². The molecule has 0 unspecified atom stereocenters. The molecule has 1 aromatic carbocycles. The Morgan fingerprint density at radius 2 is 2.06 bits per heavy atom. The van der Waals surface area contributed by atoms with Gasteiger partial charge in [0.25, 0.3) is 0 Å². The van der Waals surface area contributed by atoms with Gasteiger partial charge in [-0.3, -0.25) is 0 Å². The number of benzene rings is 1. The lowest BCUT2D eigenvalue weighted by Gasteiger charge is -2.13. The van der Waals surface area contributed by atoms with Gasteiger partial charge in [-0.25, -0.2) is 4.98 Å². The van der Waals surface area contributed by atoms with Crippen molar-refractivity contribution in [1.82, 2.24) is 4.98 Å². The van der Waals surface area contributed by atoms with Gasteiger partial charge >= 0.3 is 0 Å².